The standard InChI is InChI=1S/C20H20N2O7S/c1-20(2)18(30-17-6-4-3-5-7-17)11-16(12-28-20)29-19(23)13-8-14(21(24)25)10-15(9-13)22(26)27/h3-10,16,18H,11-12H2,1-2H3/t16-,18+/m1/s1. The number of nitro benzene ring substituents is 2. The molecule has 9 nitrogen and oxygen atoms in total. The van der Waals surface area contributed by atoms with Crippen molar-refractivity contribution in [3.63, 3.8) is 0 Å². The van der Waals surface area contributed by atoms with Crippen LogP contribution in [0.15, 0.2) is 53.4 Å². The monoisotopic (exact) mass is 432 g/mol. The van der Waals surface area contributed by atoms with Gasteiger partial charge in [0.25, 0.3) is 11.4 Å². The Labute approximate surface area is 176 Å². The molecule has 2 aromatic rings. The molecule has 0 spiro atoms. The summed E-state index contributed by atoms with van der Waals surface area (Å²) in [6, 6.07) is 12.5. The lowest BCUT2D eigenvalue weighted by atomic mass is 9.96. The maximum atomic E-state index is 12.6. The molecule has 10 heteroatoms. The molecule has 0 N–H and O–H groups in total. The van der Waals surface area contributed by atoms with E-state index in [2.05, 4.69) is 0 Å². The first kappa shape index (κ1) is 21.7. The zero-order valence-electron chi connectivity index (χ0n) is 16.3. The molecule has 0 aliphatic carbocycles. The molecule has 0 amide bonds. The van der Waals surface area contributed by atoms with Crippen LogP contribution in [-0.4, -0.2) is 39.4 Å². The zero-order chi connectivity index (χ0) is 21.9. The molecule has 0 radical (unpaired) electrons. The summed E-state index contributed by atoms with van der Waals surface area (Å²) in [5.74, 6) is -0.862. The fraction of sp³-hybridized carbons (Fsp3) is 0.350. The van der Waals surface area contributed by atoms with Gasteiger partial charge in [-0.25, -0.2) is 4.79 Å². The molecule has 0 unspecified atom stereocenters. The largest absolute Gasteiger partial charge is 0.456 e. The van der Waals surface area contributed by atoms with Crippen LogP contribution < -0.4 is 0 Å². The molecule has 0 aromatic heterocycles. The van der Waals surface area contributed by atoms with Crippen LogP contribution in [0.5, 0.6) is 0 Å². The van der Waals surface area contributed by atoms with Gasteiger partial charge in [0, 0.05) is 28.7 Å². The van der Waals surface area contributed by atoms with Crippen molar-refractivity contribution in [2.45, 2.75) is 42.1 Å². The predicted octanol–water partition coefficient (Wildman–Crippen LogP) is 4.39. The van der Waals surface area contributed by atoms with Crippen molar-refractivity contribution >= 4 is 29.1 Å². The lowest BCUT2D eigenvalue weighted by molar-refractivity contribution is -0.394. The summed E-state index contributed by atoms with van der Waals surface area (Å²) < 4.78 is 11.4. The van der Waals surface area contributed by atoms with Gasteiger partial charge in [0.15, 0.2) is 0 Å². The molecule has 1 saturated heterocycles. The third-order valence-corrected chi connectivity index (χ3v) is 6.34. The van der Waals surface area contributed by atoms with Crippen molar-refractivity contribution in [2.75, 3.05) is 6.61 Å². The molecule has 1 aliphatic rings. The molecule has 158 valence electrons. The molecular formula is C20H20N2O7S. The summed E-state index contributed by atoms with van der Waals surface area (Å²) in [5.41, 5.74) is -1.79. The first-order chi connectivity index (χ1) is 14.2. The number of carbonyl (C=O) groups excluding carboxylic acids is 1. The number of nitrogens with zero attached hydrogens (tertiary/aromatic N) is 2. The van der Waals surface area contributed by atoms with Gasteiger partial charge in [-0.15, -0.1) is 11.8 Å². The molecule has 30 heavy (non-hydrogen) atoms. The van der Waals surface area contributed by atoms with E-state index in [1.165, 1.54) is 0 Å². The van der Waals surface area contributed by atoms with Crippen LogP contribution in [0.1, 0.15) is 30.6 Å². The minimum absolute atomic E-state index is 0.00843. The average molecular weight is 432 g/mol. The normalized spacial score (nSPS) is 20.3. The Morgan fingerprint density at radius 2 is 1.70 bits per heavy atom. The van der Waals surface area contributed by atoms with E-state index in [9.17, 15) is 25.0 Å². The number of thioether (sulfide) groups is 1. The molecule has 2 atom stereocenters. The van der Waals surface area contributed by atoms with Crippen LogP contribution in [0.4, 0.5) is 11.4 Å². The van der Waals surface area contributed by atoms with Crippen LogP contribution >= 0.6 is 11.8 Å². The van der Waals surface area contributed by atoms with Crippen LogP contribution in [0.2, 0.25) is 0 Å². The second-order valence-electron chi connectivity index (χ2n) is 7.35. The van der Waals surface area contributed by atoms with Crippen molar-refractivity contribution in [1.82, 2.24) is 0 Å². The molecule has 2 aromatic carbocycles. The number of benzene rings is 2. The second kappa shape index (κ2) is 8.80. The van der Waals surface area contributed by atoms with E-state index in [1.807, 2.05) is 44.2 Å². The van der Waals surface area contributed by atoms with E-state index in [1.54, 1.807) is 11.8 Å². The van der Waals surface area contributed by atoms with Crippen LogP contribution in [0.3, 0.4) is 0 Å². The summed E-state index contributed by atoms with van der Waals surface area (Å²) in [6.07, 6.45) is -0.0694. The highest BCUT2D eigenvalue weighted by molar-refractivity contribution is 8.00. The summed E-state index contributed by atoms with van der Waals surface area (Å²) in [6.45, 7) is 4.10. The van der Waals surface area contributed by atoms with Gasteiger partial charge >= 0.3 is 5.97 Å². The van der Waals surface area contributed by atoms with Gasteiger partial charge in [-0.2, -0.15) is 0 Å². The Hall–Kier alpha value is -2.98. The van der Waals surface area contributed by atoms with E-state index in [0.29, 0.717) is 6.42 Å². The highest BCUT2D eigenvalue weighted by Gasteiger charge is 2.40. The number of non-ortho nitro benzene ring substituents is 2. The fourth-order valence-corrected chi connectivity index (χ4v) is 4.38. The zero-order valence-corrected chi connectivity index (χ0v) is 17.2. The number of nitro groups is 2. The minimum Gasteiger partial charge on any atom is -0.456 e. The topological polar surface area (TPSA) is 122 Å². The van der Waals surface area contributed by atoms with Gasteiger partial charge in [0.2, 0.25) is 0 Å². The van der Waals surface area contributed by atoms with Crippen LogP contribution in [-0.2, 0) is 9.47 Å². The molecule has 0 saturated carbocycles. The predicted molar refractivity (Wildman–Crippen MR) is 110 cm³/mol. The Morgan fingerprint density at radius 1 is 1.10 bits per heavy atom. The van der Waals surface area contributed by atoms with E-state index >= 15 is 0 Å². The number of esters is 1. The van der Waals surface area contributed by atoms with Crippen molar-refractivity contribution in [3.05, 3.63) is 74.3 Å². The van der Waals surface area contributed by atoms with Crippen LogP contribution in [0.25, 0.3) is 0 Å². The third-order valence-electron chi connectivity index (χ3n) is 4.75. The van der Waals surface area contributed by atoms with Gasteiger partial charge in [0.05, 0.1) is 33.7 Å². The van der Waals surface area contributed by atoms with Crippen LogP contribution in [0, 0.1) is 20.2 Å². The van der Waals surface area contributed by atoms with Gasteiger partial charge in [-0.1, -0.05) is 18.2 Å². The van der Waals surface area contributed by atoms with Gasteiger partial charge < -0.3 is 9.47 Å². The Bertz CT molecular complexity index is 933. The third kappa shape index (κ3) is 5.14. The number of hydrogen-bond acceptors (Lipinski definition) is 8. The maximum Gasteiger partial charge on any atom is 0.338 e. The SMILES string of the molecule is CC1(C)OC[C@H](OC(=O)c2cc([N+](=O)[O-])cc([N+](=O)[O-])c2)C[C@@H]1Sc1ccccc1. The van der Waals surface area contributed by atoms with Crippen molar-refractivity contribution in [3.8, 4) is 0 Å². The molecule has 3 rings (SSSR count). The van der Waals surface area contributed by atoms with E-state index in [0.717, 1.165) is 23.1 Å². The highest BCUT2D eigenvalue weighted by Crippen LogP contribution is 2.39. The smallest absolute Gasteiger partial charge is 0.338 e. The summed E-state index contributed by atoms with van der Waals surface area (Å²) in [4.78, 5) is 34.1. The molecule has 1 aliphatic heterocycles. The Balaban J connectivity index is 1.75. The fourth-order valence-electron chi connectivity index (χ4n) is 3.07. The van der Waals surface area contributed by atoms with Crippen molar-refractivity contribution in [2.24, 2.45) is 0 Å². The van der Waals surface area contributed by atoms with Crippen molar-refractivity contribution in [1.29, 1.82) is 0 Å². The molecule has 1 fully saturated rings. The lowest BCUT2D eigenvalue weighted by Crippen LogP contribution is -2.47. The summed E-state index contributed by atoms with van der Waals surface area (Å²) >= 11 is 1.62. The second-order valence-corrected chi connectivity index (χ2v) is 8.63. The number of carbonyl (C=O) groups is 1. The van der Waals surface area contributed by atoms with Gasteiger partial charge in [-0.05, 0) is 26.0 Å². The molecule has 0 bridgehead atoms. The summed E-state index contributed by atoms with van der Waals surface area (Å²) in [7, 11) is 0. The maximum absolute atomic E-state index is 12.6. The Kier molecular flexibility index (Phi) is 6.37. The first-order valence-corrected chi connectivity index (χ1v) is 10.0. The minimum atomic E-state index is -0.862. The first-order valence-electron chi connectivity index (χ1n) is 9.16. The van der Waals surface area contributed by atoms with Gasteiger partial charge in [-0.3, -0.25) is 20.2 Å². The van der Waals surface area contributed by atoms with Gasteiger partial charge in [0.1, 0.15) is 6.10 Å². The number of ether oxygens (including phenoxy) is 2. The molecule has 1 heterocycles. The number of hydrogen-bond donors (Lipinski definition) is 0. The lowest BCUT2D eigenvalue weighted by Gasteiger charge is -2.41. The average Bonchev–Trinajstić information content (AvgIpc) is 2.71. The quantitative estimate of drug-likeness (QED) is 0.374. The Morgan fingerprint density at radius 3 is 2.27 bits per heavy atom. The number of rotatable bonds is 6. The summed E-state index contributed by atoms with van der Waals surface area (Å²) in [5, 5.41) is 22.1. The van der Waals surface area contributed by atoms with E-state index in [4.69, 9.17) is 9.47 Å². The van der Waals surface area contributed by atoms with Crippen molar-refractivity contribution < 1.29 is 24.1 Å². The van der Waals surface area contributed by atoms with E-state index in [-0.39, 0.29) is 17.4 Å². The van der Waals surface area contributed by atoms with E-state index < -0.39 is 38.9 Å². The highest BCUT2D eigenvalue weighted by atomic mass is 32.2. The molecular weight excluding hydrogens is 412 g/mol.